The van der Waals surface area contributed by atoms with E-state index in [4.69, 9.17) is 16.3 Å². The zero-order valence-corrected chi connectivity index (χ0v) is 10.2. The van der Waals surface area contributed by atoms with E-state index < -0.39 is 6.67 Å². The van der Waals surface area contributed by atoms with Crippen LogP contribution in [0.5, 0.6) is 5.75 Å². The Morgan fingerprint density at radius 2 is 2.21 bits per heavy atom. The predicted molar refractivity (Wildman–Crippen MR) is 59.9 cm³/mol. The molecule has 0 fully saturated rings. The standard InChI is InChI=1S/C10H11BrClFO/c1-7-4-9(11)5-8(6-12)10(7)14-3-2-13/h4-5H,2-3,6H2,1H3. The first-order valence-corrected chi connectivity index (χ1v) is 5.55. The lowest BCUT2D eigenvalue weighted by molar-refractivity contribution is 0.270. The molecule has 0 saturated heterocycles. The first-order chi connectivity index (χ1) is 6.69. The highest BCUT2D eigenvalue weighted by atomic mass is 79.9. The molecule has 1 aromatic rings. The van der Waals surface area contributed by atoms with Gasteiger partial charge in [0.15, 0.2) is 0 Å². The normalized spacial score (nSPS) is 10.3. The molecule has 1 nitrogen and oxygen atoms in total. The highest BCUT2D eigenvalue weighted by molar-refractivity contribution is 9.10. The Morgan fingerprint density at radius 1 is 1.50 bits per heavy atom. The van der Waals surface area contributed by atoms with Gasteiger partial charge in [-0.05, 0) is 24.6 Å². The van der Waals surface area contributed by atoms with Gasteiger partial charge in [0, 0.05) is 10.0 Å². The van der Waals surface area contributed by atoms with Crippen molar-refractivity contribution in [2.75, 3.05) is 13.3 Å². The lowest BCUT2D eigenvalue weighted by atomic mass is 10.1. The number of aryl methyl sites for hydroxylation is 1. The predicted octanol–water partition coefficient (Wildman–Crippen LogP) is 3.84. The maximum absolute atomic E-state index is 12.0. The van der Waals surface area contributed by atoms with Crippen molar-refractivity contribution in [1.29, 1.82) is 0 Å². The Hall–Kier alpha value is -0.280. The van der Waals surface area contributed by atoms with Crippen LogP contribution in [0.4, 0.5) is 4.39 Å². The molecule has 1 aromatic carbocycles. The average molecular weight is 282 g/mol. The summed E-state index contributed by atoms with van der Waals surface area (Å²) in [6.45, 7) is 1.50. The van der Waals surface area contributed by atoms with Gasteiger partial charge in [-0.1, -0.05) is 15.9 Å². The molecule has 0 bridgehead atoms. The Kier molecular flexibility index (Phi) is 4.69. The Morgan fingerprint density at radius 3 is 2.79 bits per heavy atom. The van der Waals surface area contributed by atoms with Crippen molar-refractivity contribution in [3.05, 3.63) is 27.7 Å². The molecule has 4 heteroatoms. The second-order valence-corrected chi connectivity index (χ2v) is 4.06. The second-order valence-electron chi connectivity index (χ2n) is 2.88. The third-order valence-corrected chi connectivity index (χ3v) is 2.53. The zero-order valence-electron chi connectivity index (χ0n) is 7.82. The van der Waals surface area contributed by atoms with Crippen molar-refractivity contribution in [2.24, 2.45) is 0 Å². The maximum atomic E-state index is 12.0. The molecule has 0 N–H and O–H groups in total. The summed E-state index contributed by atoms with van der Waals surface area (Å²) in [6, 6.07) is 3.80. The molecule has 0 aliphatic rings. The lowest BCUT2D eigenvalue weighted by Gasteiger charge is -2.12. The van der Waals surface area contributed by atoms with Crippen molar-refractivity contribution < 1.29 is 9.13 Å². The van der Waals surface area contributed by atoms with Gasteiger partial charge in [0.1, 0.15) is 19.0 Å². The first-order valence-electron chi connectivity index (χ1n) is 4.22. The van der Waals surface area contributed by atoms with Crippen LogP contribution in [0.25, 0.3) is 0 Å². The summed E-state index contributed by atoms with van der Waals surface area (Å²) in [4.78, 5) is 0. The molecule has 1 rings (SSSR count). The molecule has 0 unspecified atom stereocenters. The van der Waals surface area contributed by atoms with E-state index in [1.807, 2.05) is 19.1 Å². The average Bonchev–Trinajstić information content (AvgIpc) is 2.15. The highest BCUT2D eigenvalue weighted by Crippen LogP contribution is 2.29. The van der Waals surface area contributed by atoms with Crippen LogP contribution in [0, 0.1) is 6.92 Å². The second kappa shape index (κ2) is 5.56. The van der Waals surface area contributed by atoms with Crippen LogP contribution in [0.2, 0.25) is 0 Å². The van der Waals surface area contributed by atoms with E-state index in [1.165, 1.54) is 0 Å². The highest BCUT2D eigenvalue weighted by Gasteiger charge is 2.07. The van der Waals surface area contributed by atoms with Crippen LogP contribution < -0.4 is 4.74 Å². The van der Waals surface area contributed by atoms with E-state index in [0.717, 1.165) is 15.6 Å². The summed E-state index contributed by atoms with van der Waals surface area (Å²) in [5.74, 6) is 1.06. The van der Waals surface area contributed by atoms with Crippen molar-refractivity contribution in [3.63, 3.8) is 0 Å². The van der Waals surface area contributed by atoms with Crippen molar-refractivity contribution in [3.8, 4) is 5.75 Å². The van der Waals surface area contributed by atoms with E-state index in [9.17, 15) is 4.39 Å². The number of halogens is 3. The Labute approximate surface area is 96.3 Å². The molecule has 0 radical (unpaired) electrons. The van der Waals surface area contributed by atoms with E-state index in [0.29, 0.717) is 11.6 Å². The van der Waals surface area contributed by atoms with Gasteiger partial charge in [-0.2, -0.15) is 0 Å². The van der Waals surface area contributed by atoms with Gasteiger partial charge in [-0.25, -0.2) is 4.39 Å². The fraction of sp³-hybridized carbons (Fsp3) is 0.400. The van der Waals surface area contributed by atoms with Crippen LogP contribution in [-0.2, 0) is 5.88 Å². The van der Waals surface area contributed by atoms with Crippen LogP contribution in [0.1, 0.15) is 11.1 Å². The van der Waals surface area contributed by atoms with E-state index in [-0.39, 0.29) is 6.61 Å². The molecule has 0 spiro atoms. The van der Waals surface area contributed by atoms with Gasteiger partial charge in [-0.15, -0.1) is 11.6 Å². The molecule has 0 aromatic heterocycles. The Balaban J connectivity index is 2.99. The molecule has 78 valence electrons. The zero-order chi connectivity index (χ0) is 10.6. The molecule has 14 heavy (non-hydrogen) atoms. The monoisotopic (exact) mass is 280 g/mol. The number of rotatable bonds is 4. The van der Waals surface area contributed by atoms with Crippen molar-refractivity contribution >= 4 is 27.5 Å². The number of alkyl halides is 2. The molecular weight excluding hydrogens is 270 g/mol. The minimum absolute atomic E-state index is 0.0758. The van der Waals surface area contributed by atoms with Crippen LogP contribution in [0.15, 0.2) is 16.6 Å². The molecule has 0 aliphatic carbocycles. The fourth-order valence-corrected chi connectivity index (χ4v) is 2.06. The Bertz CT molecular complexity index is 317. The molecule has 0 heterocycles. The van der Waals surface area contributed by atoms with E-state index in [1.54, 1.807) is 0 Å². The number of benzene rings is 1. The molecule has 0 atom stereocenters. The first kappa shape index (κ1) is 11.8. The topological polar surface area (TPSA) is 9.23 Å². The molecule has 0 amide bonds. The summed E-state index contributed by atoms with van der Waals surface area (Å²) in [6.07, 6.45) is 0. The fourth-order valence-electron chi connectivity index (χ4n) is 1.25. The lowest BCUT2D eigenvalue weighted by Crippen LogP contribution is -2.02. The minimum atomic E-state index is -0.489. The van der Waals surface area contributed by atoms with Crippen molar-refractivity contribution in [2.45, 2.75) is 12.8 Å². The summed E-state index contributed by atoms with van der Waals surface area (Å²) < 4.78 is 18.2. The molecule has 0 saturated carbocycles. The van der Waals surface area contributed by atoms with E-state index >= 15 is 0 Å². The van der Waals surface area contributed by atoms with Crippen LogP contribution in [-0.4, -0.2) is 13.3 Å². The van der Waals surface area contributed by atoms with Gasteiger partial charge in [0.25, 0.3) is 0 Å². The molecular formula is C10H11BrClFO. The van der Waals surface area contributed by atoms with Gasteiger partial charge < -0.3 is 4.74 Å². The van der Waals surface area contributed by atoms with Crippen LogP contribution in [0.3, 0.4) is 0 Å². The molecule has 0 aliphatic heterocycles. The summed E-state index contributed by atoms with van der Waals surface area (Å²) in [5, 5.41) is 0. The minimum Gasteiger partial charge on any atom is -0.490 e. The maximum Gasteiger partial charge on any atom is 0.126 e. The van der Waals surface area contributed by atoms with Gasteiger partial charge in [0.2, 0.25) is 0 Å². The quantitative estimate of drug-likeness (QED) is 0.762. The largest absolute Gasteiger partial charge is 0.490 e. The summed E-state index contributed by atoms with van der Waals surface area (Å²) in [5.41, 5.74) is 1.84. The van der Waals surface area contributed by atoms with Crippen molar-refractivity contribution in [1.82, 2.24) is 0 Å². The van der Waals surface area contributed by atoms with Gasteiger partial charge >= 0.3 is 0 Å². The van der Waals surface area contributed by atoms with Crippen LogP contribution >= 0.6 is 27.5 Å². The number of ether oxygens (including phenoxy) is 1. The summed E-state index contributed by atoms with van der Waals surface area (Å²) in [7, 11) is 0. The number of hydrogen-bond donors (Lipinski definition) is 0. The smallest absolute Gasteiger partial charge is 0.126 e. The third-order valence-electron chi connectivity index (χ3n) is 1.78. The SMILES string of the molecule is Cc1cc(Br)cc(CCl)c1OCCF. The van der Waals surface area contributed by atoms with E-state index in [2.05, 4.69) is 15.9 Å². The summed E-state index contributed by atoms with van der Waals surface area (Å²) >= 11 is 9.13. The third kappa shape index (κ3) is 2.85. The van der Waals surface area contributed by atoms with Gasteiger partial charge in [-0.3, -0.25) is 0 Å². The van der Waals surface area contributed by atoms with Gasteiger partial charge in [0.05, 0.1) is 5.88 Å². The number of hydrogen-bond acceptors (Lipinski definition) is 1.